The Morgan fingerprint density at radius 3 is 3.06 bits per heavy atom. The van der Waals surface area contributed by atoms with E-state index in [-0.39, 0.29) is 5.69 Å². The molecule has 1 heterocycles. The third-order valence-electron chi connectivity index (χ3n) is 2.03. The molecule has 5 nitrogen and oxygen atoms in total. The maximum atomic E-state index is 10.5. The normalized spacial score (nSPS) is 10.6. The predicted molar refractivity (Wildman–Crippen MR) is 62.8 cm³/mol. The van der Waals surface area contributed by atoms with Crippen LogP contribution in [-0.4, -0.2) is 34.8 Å². The first kappa shape index (κ1) is 13.1. The first-order valence-electron chi connectivity index (χ1n) is 5.12. The van der Waals surface area contributed by atoms with Gasteiger partial charge in [-0.2, -0.15) is 11.8 Å². The zero-order valence-electron chi connectivity index (χ0n) is 9.23. The van der Waals surface area contributed by atoms with Gasteiger partial charge in [0.25, 0.3) is 0 Å². The van der Waals surface area contributed by atoms with Crippen LogP contribution < -0.4 is 5.32 Å². The van der Waals surface area contributed by atoms with Crippen LogP contribution in [0.1, 0.15) is 29.1 Å². The molecule has 0 spiro atoms. The lowest BCUT2D eigenvalue weighted by Crippen LogP contribution is -2.14. The van der Waals surface area contributed by atoms with Gasteiger partial charge in [-0.05, 0) is 31.4 Å². The van der Waals surface area contributed by atoms with Crippen molar-refractivity contribution >= 4 is 17.7 Å². The molecular formula is C10H16N2O3S. The molecule has 0 aromatic carbocycles. The Labute approximate surface area is 98.6 Å². The first-order valence-corrected chi connectivity index (χ1v) is 6.52. The number of unbranched alkanes of at least 4 members (excludes halogenated alkanes) is 1. The van der Waals surface area contributed by atoms with Crippen molar-refractivity contribution in [2.75, 3.05) is 18.6 Å². The number of rotatable bonds is 8. The Morgan fingerprint density at radius 2 is 2.44 bits per heavy atom. The summed E-state index contributed by atoms with van der Waals surface area (Å²) in [5, 5.41) is 15.2. The molecule has 0 atom stereocenters. The van der Waals surface area contributed by atoms with Crippen LogP contribution in [0.15, 0.2) is 10.6 Å². The van der Waals surface area contributed by atoms with Crippen molar-refractivity contribution in [2.45, 2.75) is 19.4 Å². The van der Waals surface area contributed by atoms with Gasteiger partial charge in [0.1, 0.15) is 0 Å². The number of hydrogen-bond acceptors (Lipinski definition) is 5. The number of carbonyl (C=O) groups is 1. The van der Waals surface area contributed by atoms with E-state index in [1.807, 2.05) is 11.8 Å². The lowest BCUT2D eigenvalue weighted by atomic mass is 10.3. The molecule has 0 fully saturated rings. The van der Waals surface area contributed by atoms with Crippen LogP contribution in [0.2, 0.25) is 0 Å². The molecule has 1 rings (SSSR count). The summed E-state index contributed by atoms with van der Waals surface area (Å²) in [6, 6.07) is 1.44. The Morgan fingerprint density at radius 1 is 1.62 bits per heavy atom. The summed E-state index contributed by atoms with van der Waals surface area (Å²) in [7, 11) is 0. The summed E-state index contributed by atoms with van der Waals surface area (Å²) in [5.74, 6) is 0.671. The van der Waals surface area contributed by atoms with Gasteiger partial charge in [0.05, 0.1) is 6.54 Å². The highest BCUT2D eigenvalue weighted by Gasteiger charge is 2.09. The van der Waals surface area contributed by atoms with E-state index in [0.29, 0.717) is 12.3 Å². The number of nitrogens with one attached hydrogen (secondary N) is 1. The molecule has 0 unspecified atom stereocenters. The van der Waals surface area contributed by atoms with Gasteiger partial charge in [0, 0.05) is 6.07 Å². The number of nitrogens with zero attached hydrogens (tertiary/aromatic N) is 1. The lowest BCUT2D eigenvalue weighted by Gasteiger charge is -2.00. The average molecular weight is 244 g/mol. The van der Waals surface area contributed by atoms with E-state index in [0.717, 1.165) is 13.0 Å². The van der Waals surface area contributed by atoms with Crippen LogP contribution in [0.3, 0.4) is 0 Å². The van der Waals surface area contributed by atoms with Crippen LogP contribution in [0.25, 0.3) is 0 Å². The van der Waals surface area contributed by atoms with E-state index in [1.165, 1.54) is 18.2 Å². The maximum Gasteiger partial charge on any atom is 0.358 e. The molecule has 2 N–H and O–H groups in total. The standard InChI is InChI=1S/C10H16N2O3S/c1-16-5-3-2-4-11-7-8-6-9(10(13)14)12-15-8/h6,11H,2-5,7H2,1H3,(H,13,14). The number of carboxylic acid groups (broad SMARTS) is 1. The largest absolute Gasteiger partial charge is 0.476 e. The van der Waals surface area contributed by atoms with E-state index in [4.69, 9.17) is 9.63 Å². The molecule has 0 saturated carbocycles. The number of aromatic nitrogens is 1. The second kappa shape index (κ2) is 7.29. The van der Waals surface area contributed by atoms with Gasteiger partial charge in [-0.1, -0.05) is 5.16 Å². The van der Waals surface area contributed by atoms with Gasteiger partial charge >= 0.3 is 5.97 Å². The summed E-state index contributed by atoms with van der Waals surface area (Å²) >= 11 is 1.84. The van der Waals surface area contributed by atoms with Crippen LogP contribution in [0, 0.1) is 0 Å². The second-order valence-corrected chi connectivity index (χ2v) is 4.35. The number of thioether (sulfide) groups is 1. The van der Waals surface area contributed by atoms with Crippen LogP contribution >= 0.6 is 11.8 Å². The van der Waals surface area contributed by atoms with Crippen molar-refractivity contribution in [1.82, 2.24) is 10.5 Å². The molecule has 0 bridgehead atoms. The molecule has 0 radical (unpaired) electrons. The Bertz CT molecular complexity index is 328. The van der Waals surface area contributed by atoms with Crippen LogP contribution in [-0.2, 0) is 6.54 Å². The molecule has 0 amide bonds. The molecule has 90 valence electrons. The number of hydrogen-bond donors (Lipinski definition) is 2. The number of aromatic carboxylic acids is 1. The summed E-state index contributed by atoms with van der Waals surface area (Å²) in [5.41, 5.74) is -0.0424. The van der Waals surface area contributed by atoms with Crippen molar-refractivity contribution in [3.8, 4) is 0 Å². The minimum absolute atomic E-state index is 0.0424. The van der Waals surface area contributed by atoms with E-state index in [2.05, 4.69) is 16.7 Å². The molecule has 1 aromatic heterocycles. The molecular weight excluding hydrogens is 228 g/mol. The highest BCUT2D eigenvalue weighted by molar-refractivity contribution is 7.98. The van der Waals surface area contributed by atoms with E-state index >= 15 is 0 Å². The Hall–Kier alpha value is -1.01. The molecule has 6 heteroatoms. The Kier molecular flexibility index (Phi) is 5.95. The van der Waals surface area contributed by atoms with E-state index in [1.54, 1.807) is 0 Å². The van der Waals surface area contributed by atoms with E-state index < -0.39 is 5.97 Å². The van der Waals surface area contributed by atoms with Crippen molar-refractivity contribution < 1.29 is 14.4 Å². The second-order valence-electron chi connectivity index (χ2n) is 3.36. The first-order chi connectivity index (χ1) is 7.74. The third kappa shape index (κ3) is 4.67. The topological polar surface area (TPSA) is 75.4 Å². The molecule has 1 aromatic rings. The lowest BCUT2D eigenvalue weighted by molar-refractivity contribution is 0.0685. The van der Waals surface area contributed by atoms with Gasteiger partial charge in [0.15, 0.2) is 11.5 Å². The fourth-order valence-electron chi connectivity index (χ4n) is 1.21. The third-order valence-corrected chi connectivity index (χ3v) is 2.73. The quantitative estimate of drug-likeness (QED) is 0.677. The van der Waals surface area contributed by atoms with Crippen LogP contribution in [0.5, 0.6) is 0 Å². The van der Waals surface area contributed by atoms with Gasteiger partial charge in [0.2, 0.25) is 0 Å². The van der Waals surface area contributed by atoms with Crippen molar-refractivity contribution in [2.24, 2.45) is 0 Å². The molecule has 0 aliphatic heterocycles. The zero-order valence-corrected chi connectivity index (χ0v) is 10.0. The van der Waals surface area contributed by atoms with Crippen LogP contribution in [0.4, 0.5) is 0 Å². The molecule has 0 saturated heterocycles. The predicted octanol–water partition coefficient (Wildman–Crippen LogP) is 1.61. The summed E-state index contributed by atoms with van der Waals surface area (Å²) in [6.07, 6.45) is 4.39. The maximum absolute atomic E-state index is 10.5. The zero-order chi connectivity index (χ0) is 11.8. The molecule has 16 heavy (non-hydrogen) atoms. The summed E-state index contributed by atoms with van der Waals surface area (Å²) < 4.78 is 4.86. The average Bonchev–Trinajstić information content (AvgIpc) is 2.72. The van der Waals surface area contributed by atoms with E-state index in [9.17, 15) is 4.79 Å². The SMILES string of the molecule is CSCCCCNCc1cc(C(=O)O)no1. The fourth-order valence-corrected chi connectivity index (χ4v) is 1.70. The summed E-state index contributed by atoms with van der Waals surface area (Å²) in [4.78, 5) is 10.5. The Balaban J connectivity index is 2.14. The van der Waals surface area contributed by atoms with Crippen molar-refractivity contribution in [3.05, 3.63) is 17.5 Å². The fraction of sp³-hybridized carbons (Fsp3) is 0.600. The molecule has 0 aliphatic carbocycles. The summed E-state index contributed by atoms with van der Waals surface area (Å²) in [6.45, 7) is 1.43. The van der Waals surface area contributed by atoms with Crippen molar-refractivity contribution in [1.29, 1.82) is 0 Å². The minimum atomic E-state index is -1.06. The van der Waals surface area contributed by atoms with Gasteiger partial charge in [-0.3, -0.25) is 0 Å². The van der Waals surface area contributed by atoms with Gasteiger partial charge in [-0.15, -0.1) is 0 Å². The molecule has 0 aliphatic rings. The van der Waals surface area contributed by atoms with Gasteiger partial charge in [-0.25, -0.2) is 4.79 Å². The minimum Gasteiger partial charge on any atom is -0.476 e. The van der Waals surface area contributed by atoms with Crippen molar-refractivity contribution in [3.63, 3.8) is 0 Å². The monoisotopic (exact) mass is 244 g/mol. The number of carboxylic acids is 1. The van der Waals surface area contributed by atoms with Gasteiger partial charge < -0.3 is 14.9 Å². The smallest absolute Gasteiger partial charge is 0.358 e. The highest BCUT2D eigenvalue weighted by atomic mass is 32.2. The highest BCUT2D eigenvalue weighted by Crippen LogP contribution is 2.03.